The van der Waals surface area contributed by atoms with Gasteiger partial charge in [-0.3, -0.25) is 9.97 Å². The van der Waals surface area contributed by atoms with Crippen LogP contribution in [0.1, 0.15) is 5.56 Å². The number of hydrogen-bond acceptors (Lipinski definition) is 4. The average Bonchev–Trinajstić information content (AvgIpc) is 3.01. The van der Waals surface area contributed by atoms with Gasteiger partial charge in [0.25, 0.3) is 0 Å². The highest BCUT2D eigenvalue weighted by Crippen LogP contribution is 2.38. The Morgan fingerprint density at radius 3 is 2.13 bits per heavy atom. The van der Waals surface area contributed by atoms with Crippen LogP contribution in [0.3, 0.4) is 0 Å². The molecule has 0 atom stereocenters. The third kappa shape index (κ3) is 4.12. The van der Waals surface area contributed by atoms with E-state index in [-0.39, 0.29) is 0 Å². The van der Waals surface area contributed by atoms with Crippen molar-refractivity contribution in [3.05, 3.63) is 133 Å². The summed E-state index contributed by atoms with van der Waals surface area (Å²) in [5.41, 5.74) is 10.2. The van der Waals surface area contributed by atoms with Crippen LogP contribution < -0.4 is 0 Å². The summed E-state index contributed by atoms with van der Waals surface area (Å²) >= 11 is 0. The van der Waals surface area contributed by atoms with Crippen LogP contribution in [0.2, 0.25) is 0 Å². The fraction of sp³-hybridized carbons (Fsp3) is 0.0286. The summed E-state index contributed by atoms with van der Waals surface area (Å²) in [6.07, 6.45) is 5.33. The predicted octanol–water partition coefficient (Wildman–Crippen LogP) is 8.55. The fourth-order valence-corrected chi connectivity index (χ4v) is 5.35. The van der Waals surface area contributed by atoms with Gasteiger partial charge in [0.2, 0.25) is 0 Å². The Morgan fingerprint density at radius 2 is 1.26 bits per heavy atom. The molecule has 4 aromatic carbocycles. The van der Waals surface area contributed by atoms with E-state index in [0.29, 0.717) is 0 Å². The Kier molecular flexibility index (Phi) is 5.64. The monoisotopic (exact) mass is 500 g/mol. The molecule has 0 amide bonds. The van der Waals surface area contributed by atoms with Gasteiger partial charge < -0.3 is 0 Å². The van der Waals surface area contributed by atoms with Crippen LogP contribution in [0.15, 0.2) is 128 Å². The zero-order chi connectivity index (χ0) is 26.2. The van der Waals surface area contributed by atoms with Gasteiger partial charge in [0.15, 0.2) is 0 Å². The van der Waals surface area contributed by atoms with Crippen molar-refractivity contribution in [1.82, 2.24) is 19.9 Å². The van der Waals surface area contributed by atoms with Crippen molar-refractivity contribution in [3.63, 3.8) is 0 Å². The Labute approximate surface area is 226 Å². The zero-order valence-corrected chi connectivity index (χ0v) is 21.4. The van der Waals surface area contributed by atoms with E-state index in [9.17, 15) is 0 Å². The summed E-state index contributed by atoms with van der Waals surface area (Å²) in [5.74, 6) is 0. The smallest absolute Gasteiger partial charge is 0.116 e. The number of aromatic nitrogens is 4. The topological polar surface area (TPSA) is 51.6 Å². The molecule has 0 N–H and O–H groups in total. The van der Waals surface area contributed by atoms with E-state index >= 15 is 0 Å². The largest absolute Gasteiger partial charge is 0.256 e. The summed E-state index contributed by atoms with van der Waals surface area (Å²) in [5, 5.41) is 3.43. The van der Waals surface area contributed by atoms with Crippen LogP contribution in [-0.4, -0.2) is 19.9 Å². The predicted molar refractivity (Wildman–Crippen MR) is 159 cm³/mol. The first-order valence-corrected chi connectivity index (χ1v) is 13.0. The van der Waals surface area contributed by atoms with Gasteiger partial charge in [-0.25, -0.2) is 9.97 Å². The quantitative estimate of drug-likeness (QED) is 0.227. The highest BCUT2D eigenvalue weighted by atomic mass is 14.8. The molecule has 0 aliphatic carbocycles. The molecule has 0 fully saturated rings. The van der Waals surface area contributed by atoms with E-state index in [2.05, 4.69) is 90.8 Å². The number of nitrogens with zero attached hydrogens (tertiary/aromatic N) is 4. The van der Waals surface area contributed by atoms with Crippen molar-refractivity contribution >= 4 is 21.7 Å². The lowest BCUT2D eigenvalue weighted by Crippen LogP contribution is -1.97. The fourth-order valence-electron chi connectivity index (χ4n) is 5.35. The van der Waals surface area contributed by atoms with Crippen LogP contribution in [0.25, 0.3) is 66.6 Å². The van der Waals surface area contributed by atoms with E-state index in [1.807, 2.05) is 42.7 Å². The van der Waals surface area contributed by atoms with Crippen LogP contribution in [0.4, 0.5) is 0 Å². The molecule has 4 nitrogen and oxygen atoms in total. The lowest BCUT2D eigenvalue weighted by atomic mass is 9.92. The Balaban J connectivity index is 1.45. The molecule has 0 unspecified atom stereocenters. The molecule has 7 aromatic rings. The number of fused-ring (bicyclic) bond motifs is 3. The van der Waals surface area contributed by atoms with Crippen molar-refractivity contribution in [2.45, 2.75) is 6.92 Å². The number of rotatable bonds is 4. The maximum absolute atomic E-state index is 4.82. The second kappa shape index (κ2) is 9.58. The molecule has 0 bridgehead atoms. The molecule has 0 aliphatic rings. The lowest BCUT2D eigenvalue weighted by molar-refractivity contribution is 1.14. The van der Waals surface area contributed by atoms with Gasteiger partial charge in [-0.15, -0.1) is 0 Å². The first-order chi connectivity index (χ1) is 19.3. The maximum atomic E-state index is 4.82. The summed E-state index contributed by atoms with van der Waals surface area (Å²) in [6.45, 7) is 2.10. The summed E-state index contributed by atoms with van der Waals surface area (Å²) in [4.78, 5) is 18.8. The molecule has 0 aliphatic heterocycles. The van der Waals surface area contributed by atoms with Gasteiger partial charge in [-0.05, 0) is 65.2 Å². The van der Waals surface area contributed by atoms with Crippen LogP contribution >= 0.6 is 0 Å². The molecule has 0 radical (unpaired) electrons. The van der Waals surface area contributed by atoms with Crippen LogP contribution in [0.5, 0.6) is 0 Å². The SMILES string of the molecule is Cc1c(-c2cccc(-c3ccccn3)c2)ncnc1-c1cc2ncccc2c2ccc(-c3ccccc3)cc12. The van der Waals surface area contributed by atoms with Gasteiger partial charge >= 0.3 is 0 Å². The summed E-state index contributed by atoms with van der Waals surface area (Å²) in [6, 6.07) is 37.8. The summed E-state index contributed by atoms with van der Waals surface area (Å²) < 4.78 is 0. The molecule has 7 rings (SSSR count). The molecule has 3 heterocycles. The Bertz CT molecular complexity index is 1970. The second-order valence-corrected chi connectivity index (χ2v) is 9.61. The van der Waals surface area contributed by atoms with Crippen molar-refractivity contribution in [2.24, 2.45) is 0 Å². The normalized spacial score (nSPS) is 11.2. The molecular weight excluding hydrogens is 476 g/mol. The van der Waals surface area contributed by atoms with Gasteiger partial charge in [0.05, 0.1) is 22.6 Å². The van der Waals surface area contributed by atoms with Crippen molar-refractivity contribution < 1.29 is 0 Å². The average molecular weight is 501 g/mol. The number of benzene rings is 4. The summed E-state index contributed by atoms with van der Waals surface area (Å²) in [7, 11) is 0. The van der Waals surface area contributed by atoms with Crippen molar-refractivity contribution in [3.8, 4) is 44.9 Å². The minimum atomic E-state index is 0.908. The van der Waals surface area contributed by atoms with Gasteiger partial charge in [0, 0.05) is 40.0 Å². The molecule has 4 heteroatoms. The van der Waals surface area contributed by atoms with Crippen LogP contribution in [-0.2, 0) is 0 Å². The maximum Gasteiger partial charge on any atom is 0.116 e. The standard InChI is InChI=1S/C35H24N4/c1-23-34(27-12-7-11-26(19-27)32-14-5-6-17-36-32)38-22-39-35(23)31-21-33-29(13-8-18-37-33)28-16-15-25(20-30(28)31)24-9-3-2-4-10-24/h2-22H,1H3. The molecule has 0 saturated carbocycles. The van der Waals surface area contributed by atoms with Crippen molar-refractivity contribution in [2.75, 3.05) is 0 Å². The minimum absolute atomic E-state index is 0.908. The number of hydrogen-bond donors (Lipinski definition) is 0. The molecule has 184 valence electrons. The van der Waals surface area contributed by atoms with Gasteiger partial charge in [-0.1, -0.05) is 72.8 Å². The second-order valence-electron chi connectivity index (χ2n) is 9.61. The van der Waals surface area contributed by atoms with Gasteiger partial charge in [0.1, 0.15) is 6.33 Å². The Hall–Kier alpha value is -5.22. The first-order valence-electron chi connectivity index (χ1n) is 13.0. The van der Waals surface area contributed by atoms with Crippen molar-refractivity contribution in [1.29, 1.82) is 0 Å². The van der Waals surface area contributed by atoms with E-state index in [4.69, 9.17) is 15.0 Å². The number of pyridine rings is 2. The minimum Gasteiger partial charge on any atom is -0.256 e. The zero-order valence-electron chi connectivity index (χ0n) is 21.4. The highest BCUT2D eigenvalue weighted by molar-refractivity contribution is 6.13. The van der Waals surface area contributed by atoms with Crippen LogP contribution in [0, 0.1) is 6.92 Å². The van der Waals surface area contributed by atoms with E-state index < -0.39 is 0 Å². The Morgan fingerprint density at radius 1 is 0.462 bits per heavy atom. The highest BCUT2D eigenvalue weighted by Gasteiger charge is 2.17. The molecule has 3 aromatic heterocycles. The van der Waals surface area contributed by atoms with Gasteiger partial charge in [-0.2, -0.15) is 0 Å². The van der Waals surface area contributed by atoms with E-state index in [1.54, 1.807) is 6.33 Å². The van der Waals surface area contributed by atoms with E-state index in [1.165, 1.54) is 11.1 Å². The third-order valence-corrected chi connectivity index (χ3v) is 7.26. The first kappa shape index (κ1) is 22.9. The molecule has 0 spiro atoms. The third-order valence-electron chi connectivity index (χ3n) is 7.26. The van der Waals surface area contributed by atoms with E-state index in [0.717, 1.165) is 61.0 Å². The molecule has 39 heavy (non-hydrogen) atoms. The lowest BCUT2D eigenvalue weighted by Gasteiger charge is -2.15. The molecule has 0 saturated heterocycles. The molecular formula is C35H24N4.